The van der Waals surface area contributed by atoms with Crippen LogP contribution in [0.5, 0.6) is 0 Å². The van der Waals surface area contributed by atoms with Crippen LogP contribution < -0.4 is 0 Å². The standard InChI is InChI=1S/C9H4F9NO/c10-7(11,12)3-1-19-4(2-20)6(9(16,17)18)5(3)8(13,14)15/h1,20H,2H2. The first-order valence-corrected chi connectivity index (χ1v) is 4.64. The molecular formula is C9H4F9NO. The molecule has 0 bridgehead atoms. The molecule has 0 saturated heterocycles. The Labute approximate surface area is 104 Å². The highest BCUT2D eigenvalue weighted by Crippen LogP contribution is 2.47. The van der Waals surface area contributed by atoms with Gasteiger partial charge in [-0.05, 0) is 0 Å². The van der Waals surface area contributed by atoms with E-state index in [1.165, 1.54) is 0 Å². The maximum absolute atomic E-state index is 12.6. The SMILES string of the molecule is OCc1ncc(C(F)(F)F)c(C(F)(F)F)c1C(F)(F)F. The summed E-state index contributed by atoms with van der Waals surface area (Å²) < 4.78 is 113. The Balaban J connectivity index is 3.87. The van der Waals surface area contributed by atoms with Crippen molar-refractivity contribution in [3.8, 4) is 0 Å². The molecule has 1 N–H and O–H groups in total. The number of pyridine rings is 1. The molecule has 1 rings (SSSR count). The van der Waals surface area contributed by atoms with Crippen molar-refractivity contribution in [1.82, 2.24) is 4.98 Å². The van der Waals surface area contributed by atoms with E-state index < -0.39 is 47.5 Å². The number of aromatic nitrogens is 1. The Morgan fingerprint density at radius 1 is 0.800 bits per heavy atom. The molecule has 11 heteroatoms. The highest BCUT2D eigenvalue weighted by Gasteiger charge is 2.51. The van der Waals surface area contributed by atoms with Gasteiger partial charge in [0.1, 0.15) is 0 Å². The average Bonchev–Trinajstić information content (AvgIpc) is 2.23. The van der Waals surface area contributed by atoms with Gasteiger partial charge >= 0.3 is 18.5 Å². The molecule has 1 heterocycles. The van der Waals surface area contributed by atoms with Crippen LogP contribution in [0.2, 0.25) is 0 Å². The van der Waals surface area contributed by atoms with E-state index in [4.69, 9.17) is 5.11 Å². The largest absolute Gasteiger partial charge is 0.418 e. The van der Waals surface area contributed by atoms with E-state index in [2.05, 4.69) is 4.98 Å². The van der Waals surface area contributed by atoms with E-state index in [0.29, 0.717) is 0 Å². The van der Waals surface area contributed by atoms with Crippen LogP contribution in [0.3, 0.4) is 0 Å². The van der Waals surface area contributed by atoms with E-state index in [1.807, 2.05) is 0 Å². The van der Waals surface area contributed by atoms with Gasteiger partial charge in [-0.3, -0.25) is 4.98 Å². The van der Waals surface area contributed by atoms with Crippen molar-refractivity contribution < 1.29 is 44.6 Å². The van der Waals surface area contributed by atoms with Gasteiger partial charge < -0.3 is 5.11 Å². The second kappa shape index (κ2) is 4.79. The molecule has 0 aliphatic carbocycles. The van der Waals surface area contributed by atoms with Crippen LogP contribution >= 0.6 is 0 Å². The Morgan fingerprint density at radius 3 is 1.55 bits per heavy atom. The Bertz CT molecular complexity index is 500. The molecule has 0 unspecified atom stereocenters. The Hall–Kier alpha value is -1.52. The topological polar surface area (TPSA) is 33.1 Å². The summed E-state index contributed by atoms with van der Waals surface area (Å²) in [5.41, 5.74) is -9.63. The minimum absolute atomic E-state index is 0.385. The quantitative estimate of drug-likeness (QED) is 0.803. The zero-order chi connectivity index (χ0) is 15.9. The number of alkyl halides is 9. The summed E-state index contributed by atoms with van der Waals surface area (Å²) in [6, 6.07) is 0. The monoisotopic (exact) mass is 313 g/mol. The lowest BCUT2D eigenvalue weighted by Crippen LogP contribution is -2.25. The normalized spacial score (nSPS) is 13.7. The second-order valence-corrected chi connectivity index (χ2v) is 3.52. The summed E-state index contributed by atoms with van der Waals surface area (Å²) >= 11 is 0. The molecule has 0 aromatic carbocycles. The molecule has 0 saturated carbocycles. The molecule has 0 radical (unpaired) electrons. The lowest BCUT2D eigenvalue weighted by atomic mass is 9.99. The van der Waals surface area contributed by atoms with Gasteiger partial charge in [0.15, 0.2) is 0 Å². The maximum atomic E-state index is 12.6. The summed E-state index contributed by atoms with van der Waals surface area (Å²) in [7, 11) is 0. The molecular weight excluding hydrogens is 309 g/mol. The van der Waals surface area contributed by atoms with Crippen molar-refractivity contribution in [2.24, 2.45) is 0 Å². The van der Waals surface area contributed by atoms with E-state index in [0.717, 1.165) is 0 Å². The van der Waals surface area contributed by atoms with E-state index in [1.54, 1.807) is 0 Å². The van der Waals surface area contributed by atoms with Gasteiger partial charge in [-0.1, -0.05) is 0 Å². The number of rotatable bonds is 1. The molecule has 0 aliphatic heterocycles. The summed E-state index contributed by atoms with van der Waals surface area (Å²) in [5, 5.41) is 8.55. The van der Waals surface area contributed by atoms with E-state index >= 15 is 0 Å². The van der Waals surface area contributed by atoms with Crippen molar-refractivity contribution in [3.63, 3.8) is 0 Å². The van der Waals surface area contributed by atoms with Gasteiger partial charge in [-0.2, -0.15) is 39.5 Å². The van der Waals surface area contributed by atoms with Gasteiger partial charge in [0, 0.05) is 6.20 Å². The fraction of sp³-hybridized carbons (Fsp3) is 0.444. The third-order valence-electron chi connectivity index (χ3n) is 2.18. The van der Waals surface area contributed by atoms with Crippen LogP contribution in [-0.2, 0) is 25.1 Å². The predicted molar refractivity (Wildman–Crippen MR) is 45.2 cm³/mol. The number of nitrogens with zero attached hydrogens (tertiary/aromatic N) is 1. The third-order valence-corrected chi connectivity index (χ3v) is 2.18. The first-order valence-electron chi connectivity index (χ1n) is 4.64. The smallest absolute Gasteiger partial charge is 0.390 e. The summed E-state index contributed by atoms with van der Waals surface area (Å²) in [5.74, 6) is 0. The van der Waals surface area contributed by atoms with Crippen molar-refractivity contribution in [1.29, 1.82) is 0 Å². The summed E-state index contributed by atoms with van der Waals surface area (Å²) in [6.07, 6.45) is -17.7. The fourth-order valence-corrected chi connectivity index (χ4v) is 1.49. The molecule has 1 aromatic heterocycles. The Kier molecular flexibility index (Phi) is 3.96. The van der Waals surface area contributed by atoms with Gasteiger partial charge in [-0.25, -0.2) is 0 Å². The van der Waals surface area contributed by atoms with Crippen molar-refractivity contribution >= 4 is 0 Å². The molecule has 0 fully saturated rings. The number of hydrogen-bond acceptors (Lipinski definition) is 2. The van der Waals surface area contributed by atoms with Gasteiger partial charge in [0.25, 0.3) is 0 Å². The zero-order valence-electron chi connectivity index (χ0n) is 9.08. The number of hydrogen-bond donors (Lipinski definition) is 1. The molecule has 114 valence electrons. The molecule has 0 spiro atoms. The highest BCUT2D eigenvalue weighted by molar-refractivity contribution is 5.42. The molecule has 0 aliphatic rings. The lowest BCUT2D eigenvalue weighted by Gasteiger charge is -2.21. The van der Waals surface area contributed by atoms with E-state index in [9.17, 15) is 39.5 Å². The Morgan fingerprint density at radius 2 is 1.25 bits per heavy atom. The van der Waals surface area contributed by atoms with Gasteiger partial charge in [-0.15, -0.1) is 0 Å². The molecule has 2 nitrogen and oxygen atoms in total. The van der Waals surface area contributed by atoms with Crippen LogP contribution in [0.15, 0.2) is 6.20 Å². The van der Waals surface area contributed by atoms with Crippen LogP contribution in [0.1, 0.15) is 22.4 Å². The fourth-order valence-electron chi connectivity index (χ4n) is 1.49. The number of aliphatic hydroxyl groups is 1. The average molecular weight is 313 g/mol. The number of aliphatic hydroxyl groups excluding tert-OH is 1. The van der Waals surface area contributed by atoms with Crippen LogP contribution in [-0.4, -0.2) is 10.1 Å². The van der Waals surface area contributed by atoms with Crippen LogP contribution in [0, 0.1) is 0 Å². The molecule has 20 heavy (non-hydrogen) atoms. The predicted octanol–water partition coefficient (Wildman–Crippen LogP) is 3.63. The maximum Gasteiger partial charge on any atom is 0.418 e. The van der Waals surface area contributed by atoms with Crippen LogP contribution in [0.25, 0.3) is 0 Å². The lowest BCUT2D eigenvalue weighted by molar-refractivity contribution is -0.175. The number of halogens is 9. The highest BCUT2D eigenvalue weighted by atomic mass is 19.4. The minimum Gasteiger partial charge on any atom is -0.390 e. The minimum atomic E-state index is -5.91. The molecule has 0 amide bonds. The van der Waals surface area contributed by atoms with Crippen molar-refractivity contribution in [3.05, 3.63) is 28.6 Å². The molecule has 1 aromatic rings. The second-order valence-electron chi connectivity index (χ2n) is 3.52. The van der Waals surface area contributed by atoms with Gasteiger partial charge in [0.2, 0.25) is 0 Å². The van der Waals surface area contributed by atoms with E-state index in [-0.39, 0.29) is 6.20 Å². The van der Waals surface area contributed by atoms with Crippen molar-refractivity contribution in [2.45, 2.75) is 25.1 Å². The zero-order valence-corrected chi connectivity index (χ0v) is 9.08. The third kappa shape index (κ3) is 3.14. The molecule has 0 atom stereocenters. The van der Waals surface area contributed by atoms with Crippen molar-refractivity contribution in [2.75, 3.05) is 0 Å². The first kappa shape index (κ1) is 16.5. The van der Waals surface area contributed by atoms with Gasteiger partial charge in [0.05, 0.1) is 29.0 Å². The first-order chi connectivity index (χ1) is 8.80. The van der Waals surface area contributed by atoms with Crippen LogP contribution in [0.4, 0.5) is 39.5 Å². The summed E-state index contributed by atoms with van der Waals surface area (Å²) in [6.45, 7) is -1.59. The summed E-state index contributed by atoms with van der Waals surface area (Å²) in [4.78, 5) is 2.61.